The molecule has 20 heavy (non-hydrogen) atoms. The second-order valence-electron chi connectivity index (χ2n) is 5.10. The molecule has 1 amide bonds. The molecular formula is C13H16N2O4S. The quantitative estimate of drug-likeness (QED) is 0.897. The molecule has 0 bridgehead atoms. The summed E-state index contributed by atoms with van der Waals surface area (Å²) in [5, 5.41) is 10.5. The number of morpholine rings is 1. The number of carboxylic acid groups (broad SMARTS) is 1. The lowest BCUT2D eigenvalue weighted by molar-refractivity contribution is -0.0752. The molecule has 2 heterocycles. The average molecular weight is 296 g/mol. The summed E-state index contributed by atoms with van der Waals surface area (Å²) in [6.45, 7) is 1.10. The van der Waals surface area contributed by atoms with Gasteiger partial charge in [0.05, 0.1) is 18.8 Å². The number of carbonyl (C=O) groups is 2. The maximum Gasteiger partial charge on any atom is 0.355 e. The van der Waals surface area contributed by atoms with Crippen LogP contribution in [0.15, 0.2) is 5.38 Å². The largest absolute Gasteiger partial charge is 0.476 e. The topological polar surface area (TPSA) is 79.7 Å². The van der Waals surface area contributed by atoms with Crippen molar-refractivity contribution in [2.75, 3.05) is 13.2 Å². The summed E-state index contributed by atoms with van der Waals surface area (Å²) in [6.07, 6.45) is 4.32. The Labute approximate surface area is 120 Å². The number of thiazole rings is 1. The first-order chi connectivity index (χ1) is 9.66. The molecule has 0 radical (unpaired) electrons. The van der Waals surface area contributed by atoms with Crippen LogP contribution < -0.4 is 0 Å². The van der Waals surface area contributed by atoms with Gasteiger partial charge in [-0.25, -0.2) is 9.78 Å². The van der Waals surface area contributed by atoms with Crippen molar-refractivity contribution >= 4 is 23.2 Å². The summed E-state index contributed by atoms with van der Waals surface area (Å²) >= 11 is 1.10. The van der Waals surface area contributed by atoms with E-state index in [2.05, 4.69) is 4.98 Å². The SMILES string of the molecule is O=C(O)c1csc(C(=O)N2CCOC3CCCCC32)n1. The number of ether oxygens (including phenoxy) is 1. The molecule has 1 N–H and O–H groups in total. The number of carboxylic acids is 1. The number of carbonyl (C=O) groups excluding carboxylic acids is 1. The lowest BCUT2D eigenvalue weighted by Crippen LogP contribution is -2.54. The zero-order valence-corrected chi connectivity index (χ0v) is 11.8. The van der Waals surface area contributed by atoms with Crippen LogP contribution in [0.3, 0.4) is 0 Å². The average Bonchev–Trinajstić information content (AvgIpc) is 2.96. The van der Waals surface area contributed by atoms with Gasteiger partial charge in [-0.2, -0.15) is 0 Å². The van der Waals surface area contributed by atoms with Crippen LogP contribution in [0.2, 0.25) is 0 Å². The van der Waals surface area contributed by atoms with E-state index in [0.29, 0.717) is 13.2 Å². The molecule has 1 saturated carbocycles. The summed E-state index contributed by atoms with van der Waals surface area (Å²) in [6, 6.07) is 0.113. The van der Waals surface area contributed by atoms with Crippen molar-refractivity contribution in [2.45, 2.75) is 37.8 Å². The van der Waals surface area contributed by atoms with Crippen LogP contribution in [0, 0.1) is 0 Å². The molecule has 2 unspecified atom stereocenters. The molecule has 2 atom stereocenters. The minimum atomic E-state index is -1.10. The van der Waals surface area contributed by atoms with Gasteiger partial charge in [0, 0.05) is 11.9 Å². The fourth-order valence-electron chi connectivity index (χ4n) is 2.94. The van der Waals surface area contributed by atoms with Crippen LogP contribution in [0.25, 0.3) is 0 Å². The molecule has 1 aromatic heterocycles. The normalized spacial score (nSPS) is 26.1. The smallest absolute Gasteiger partial charge is 0.355 e. The molecule has 1 aliphatic heterocycles. The highest BCUT2D eigenvalue weighted by Crippen LogP contribution is 2.29. The molecule has 7 heteroatoms. The van der Waals surface area contributed by atoms with E-state index in [9.17, 15) is 9.59 Å². The van der Waals surface area contributed by atoms with Crippen LogP contribution in [0.4, 0.5) is 0 Å². The van der Waals surface area contributed by atoms with Crippen LogP contribution in [0.1, 0.15) is 46.0 Å². The highest BCUT2D eigenvalue weighted by atomic mass is 32.1. The molecular weight excluding hydrogens is 280 g/mol. The molecule has 2 aliphatic rings. The maximum atomic E-state index is 12.5. The van der Waals surface area contributed by atoms with E-state index in [1.165, 1.54) is 5.38 Å². The number of hydrogen-bond acceptors (Lipinski definition) is 5. The Morgan fingerprint density at radius 2 is 2.20 bits per heavy atom. The Morgan fingerprint density at radius 1 is 1.40 bits per heavy atom. The molecule has 1 saturated heterocycles. The van der Waals surface area contributed by atoms with Gasteiger partial charge >= 0.3 is 5.97 Å². The molecule has 0 aromatic carbocycles. The highest BCUT2D eigenvalue weighted by Gasteiger charge is 2.37. The summed E-state index contributed by atoms with van der Waals surface area (Å²) in [7, 11) is 0. The van der Waals surface area contributed by atoms with Gasteiger partial charge < -0.3 is 14.7 Å². The van der Waals surface area contributed by atoms with Crippen molar-refractivity contribution in [1.82, 2.24) is 9.88 Å². The van der Waals surface area contributed by atoms with Crippen molar-refractivity contribution in [3.8, 4) is 0 Å². The van der Waals surface area contributed by atoms with Gasteiger partial charge in [0.15, 0.2) is 10.7 Å². The molecule has 6 nitrogen and oxygen atoms in total. The van der Waals surface area contributed by atoms with Gasteiger partial charge in [0.25, 0.3) is 5.91 Å². The van der Waals surface area contributed by atoms with E-state index in [-0.39, 0.29) is 28.8 Å². The van der Waals surface area contributed by atoms with E-state index in [4.69, 9.17) is 9.84 Å². The molecule has 3 rings (SSSR count). The number of rotatable bonds is 2. The number of hydrogen-bond donors (Lipinski definition) is 1. The van der Waals surface area contributed by atoms with Gasteiger partial charge in [-0.1, -0.05) is 12.8 Å². The lowest BCUT2D eigenvalue weighted by Gasteiger charge is -2.43. The van der Waals surface area contributed by atoms with E-state index in [1.807, 2.05) is 4.90 Å². The summed E-state index contributed by atoms with van der Waals surface area (Å²) in [4.78, 5) is 29.1. The van der Waals surface area contributed by atoms with Gasteiger partial charge in [-0.3, -0.25) is 4.79 Å². The summed E-state index contributed by atoms with van der Waals surface area (Å²) < 4.78 is 5.74. The Kier molecular flexibility index (Phi) is 3.71. The van der Waals surface area contributed by atoms with E-state index >= 15 is 0 Å². The van der Waals surface area contributed by atoms with Gasteiger partial charge in [0.1, 0.15) is 0 Å². The van der Waals surface area contributed by atoms with Crippen LogP contribution >= 0.6 is 11.3 Å². The second-order valence-corrected chi connectivity index (χ2v) is 5.96. The Bertz CT molecular complexity index is 528. The van der Waals surface area contributed by atoms with Crippen LogP contribution in [-0.2, 0) is 4.74 Å². The third-order valence-corrected chi connectivity index (χ3v) is 4.73. The standard InChI is InChI=1S/C13H16N2O4S/c16-12(11-14-8(7-20-11)13(17)18)15-5-6-19-10-4-2-1-3-9(10)15/h7,9-10H,1-6H2,(H,17,18). The first-order valence-corrected chi connectivity index (χ1v) is 7.66. The van der Waals surface area contributed by atoms with Crippen molar-refractivity contribution in [3.63, 3.8) is 0 Å². The third-order valence-electron chi connectivity index (χ3n) is 3.90. The number of fused-ring (bicyclic) bond motifs is 1. The van der Waals surface area contributed by atoms with Gasteiger partial charge in [-0.15, -0.1) is 11.3 Å². The zero-order valence-electron chi connectivity index (χ0n) is 10.9. The third kappa shape index (κ3) is 2.43. The zero-order chi connectivity index (χ0) is 14.1. The Balaban J connectivity index is 1.79. The monoisotopic (exact) mass is 296 g/mol. The fourth-order valence-corrected chi connectivity index (χ4v) is 3.69. The first kappa shape index (κ1) is 13.5. The first-order valence-electron chi connectivity index (χ1n) is 6.78. The Morgan fingerprint density at radius 3 is 2.95 bits per heavy atom. The minimum Gasteiger partial charge on any atom is -0.476 e. The number of aromatic nitrogens is 1. The van der Waals surface area contributed by atoms with Gasteiger partial charge in [0.2, 0.25) is 0 Å². The fraction of sp³-hybridized carbons (Fsp3) is 0.615. The number of amides is 1. The Hall–Kier alpha value is -1.47. The van der Waals surface area contributed by atoms with Crippen molar-refractivity contribution in [2.24, 2.45) is 0 Å². The van der Waals surface area contributed by atoms with E-state index in [1.54, 1.807) is 0 Å². The van der Waals surface area contributed by atoms with Crippen LogP contribution in [-0.4, -0.2) is 52.2 Å². The van der Waals surface area contributed by atoms with E-state index in [0.717, 1.165) is 37.0 Å². The number of nitrogens with zero attached hydrogens (tertiary/aromatic N) is 2. The predicted molar refractivity (Wildman–Crippen MR) is 72.1 cm³/mol. The van der Waals surface area contributed by atoms with Crippen LogP contribution in [0.5, 0.6) is 0 Å². The van der Waals surface area contributed by atoms with E-state index < -0.39 is 5.97 Å². The summed E-state index contributed by atoms with van der Waals surface area (Å²) in [5.74, 6) is -1.26. The lowest BCUT2D eigenvalue weighted by atomic mass is 9.90. The molecule has 108 valence electrons. The highest BCUT2D eigenvalue weighted by molar-refractivity contribution is 7.11. The molecule has 1 aliphatic carbocycles. The molecule has 2 fully saturated rings. The molecule has 1 aromatic rings. The molecule has 0 spiro atoms. The predicted octanol–water partition coefficient (Wildman–Crippen LogP) is 1.62. The van der Waals surface area contributed by atoms with Crippen molar-refractivity contribution in [1.29, 1.82) is 0 Å². The van der Waals surface area contributed by atoms with Crippen molar-refractivity contribution < 1.29 is 19.4 Å². The van der Waals surface area contributed by atoms with Gasteiger partial charge in [-0.05, 0) is 12.8 Å². The second kappa shape index (κ2) is 5.49. The van der Waals surface area contributed by atoms with Crippen molar-refractivity contribution in [3.05, 3.63) is 16.1 Å². The number of aromatic carboxylic acids is 1. The maximum absolute atomic E-state index is 12.5. The summed E-state index contributed by atoms with van der Waals surface area (Å²) in [5.41, 5.74) is -0.0631. The minimum absolute atomic E-state index is 0.0631.